The molecule has 0 bridgehead atoms. The number of hydrogen-bond acceptors (Lipinski definition) is 3. The molecule has 0 atom stereocenters. The van der Waals surface area contributed by atoms with Crippen molar-refractivity contribution in [2.45, 2.75) is 27.2 Å². The lowest BCUT2D eigenvalue weighted by Crippen LogP contribution is -2.38. The van der Waals surface area contributed by atoms with E-state index in [1.807, 2.05) is 56.3 Å². The largest absolute Gasteiger partial charge is 0.495 e. The van der Waals surface area contributed by atoms with Gasteiger partial charge in [-0.2, -0.15) is 0 Å². The van der Waals surface area contributed by atoms with Crippen LogP contribution in [0.3, 0.4) is 0 Å². The lowest BCUT2D eigenvalue weighted by molar-refractivity contribution is -0.121. The number of ether oxygens (including phenoxy) is 1. The average molecular weight is 354 g/mol. The van der Waals surface area contributed by atoms with E-state index in [2.05, 4.69) is 5.32 Å². The van der Waals surface area contributed by atoms with Crippen molar-refractivity contribution in [3.63, 3.8) is 0 Å². The van der Waals surface area contributed by atoms with Crippen LogP contribution in [0.4, 0.5) is 5.69 Å². The summed E-state index contributed by atoms with van der Waals surface area (Å²) in [6, 6.07) is 13.5. The molecule has 0 aliphatic rings. The molecule has 0 fully saturated rings. The van der Waals surface area contributed by atoms with Gasteiger partial charge < -0.3 is 15.0 Å². The summed E-state index contributed by atoms with van der Waals surface area (Å²) in [6.07, 6.45) is 0.334. The van der Waals surface area contributed by atoms with Crippen LogP contribution in [0.25, 0.3) is 0 Å². The van der Waals surface area contributed by atoms with E-state index in [1.54, 1.807) is 12.0 Å². The minimum absolute atomic E-state index is 0.0565. The molecule has 0 radical (unpaired) electrons. The fourth-order valence-electron chi connectivity index (χ4n) is 2.81. The van der Waals surface area contributed by atoms with E-state index in [1.165, 1.54) is 6.92 Å². The first-order valence-electron chi connectivity index (χ1n) is 8.66. The Hall–Kier alpha value is -2.82. The van der Waals surface area contributed by atoms with Gasteiger partial charge in [0.15, 0.2) is 0 Å². The molecule has 0 unspecified atom stereocenters. The van der Waals surface area contributed by atoms with E-state index in [0.717, 1.165) is 16.7 Å². The van der Waals surface area contributed by atoms with Crippen molar-refractivity contribution in [3.05, 3.63) is 59.2 Å². The fraction of sp³-hybridized carbons (Fsp3) is 0.333. The number of carbonyl (C=O) groups excluding carboxylic acids is 2. The number of rotatable bonds is 7. The summed E-state index contributed by atoms with van der Waals surface area (Å²) in [5.41, 5.74) is 3.86. The highest BCUT2D eigenvalue weighted by molar-refractivity contribution is 5.93. The normalized spacial score (nSPS) is 10.3. The molecule has 0 saturated heterocycles. The third kappa shape index (κ3) is 5.09. The smallest absolute Gasteiger partial charge is 0.224 e. The van der Waals surface area contributed by atoms with Crippen molar-refractivity contribution < 1.29 is 14.3 Å². The van der Waals surface area contributed by atoms with Gasteiger partial charge in [0.25, 0.3) is 0 Å². The molecule has 2 aromatic carbocycles. The highest BCUT2D eigenvalue weighted by Crippen LogP contribution is 2.29. The number of aryl methyl sites for hydroxylation is 2. The maximum atomic E-state index is 12.2. The molecule has 0 aromatic heterocycles. The maximum Gasteiger partial charge on any atom is 0.224 e. The summed E-state index contributed by atoms with van der Waals surface area (Å²) in [5.74, 6) is 0.484. The Kier molecular flexibility index (Phi) is 6.78. The summed E-state index contributed by atoms with van der Waals surface area (Å²) in [6.45, 7) is 6.22. The predicted molar refractivity (Wildman–Crippen MR) is 104 cm³/mol. The molecule has 26 heavy (non-hydrogen) atoms. The van der Waals surface area contributed by atoms with E-state index in [4.69, 9.17) is 4.74 Å². The Balaban J connectivity index is 1.99. The molecular weight excluding hydrogens is 328 g/mol. The number of nitrogens with zero attached hydrogens (tertiary/aromatic N) is 1. The number of anilines is 1. The first-order valence-corrected chi connectivity index (χ1v) is 8.66. The van der Waals surface area contributed by atoms with Gasteiger partial charge in [-0.3, -0.25) is 9.59 Å². The third-order valence-electron chi connectivity index (χ3n) is 4.28. The van der Waals surface area contributed by atoms with Crippen LogP contribution < -0.4 is 15.0 Å². The summed E-state index contributed by atoms with van der Waals surface area (Å²) in [5, 5.41) is 2.89. The van der Waals surface area contributed by atoms with Gasteiger partial charge in [-0.25, -0.2) is 0 Å². The quantitative estimate of drug-likeness (QED) is 0.831. The van der Waals surface area contributed by atoms with E-state index >= 15 is 0 Å². The maximum absolute atomic E-state index is 12.2. The van der Waals surface area contributed by atoms with Gasteiger partial charge in [0.05, 0.1) is 19.2 Å². The van der Waals surface area contributed by atoms with E-state index in [9.17, 15) is 9.59 Å². The third-order valence-corrected chi connectivity index (χ3v) is 4.28. The standard InChI is InChI=1S/C21H26N2O3/c1-15-9-10-20(26-4)19(13-15)23(17(3)24)12-11-22-21(25)14-18-8-6-5-7-16(18)2/h5-10,13H,11-12,14H2,1-4H3,(H,22,25). The Morgan fingerprint density at radius 2 is 1.85 bits per heavy atom. The summed E-state index contributed by atoms with van der Waals surface area (Å²) in [7, 11) is 1.58. The zero-order valence-corrected chi connectivity index (χ0v) is 15.8. The molecule has 2 amide bonds. The van der Waals surface area contributed by atoms with Crippen molar-refractivity contribution >= 4 is 17.5 Å². The first-order chi connectivity index (χ1) is 12.4. The molecule has 1 N–H and O–H groups in total. The van der Waals surface area contributed by atoms with Crippen molar-refractivity contribution in [2.24, 2.45) is 0 Å². The molecule has 5 heteroatoms. The monoisotopic (exact) mass is 354 g/mol. The average Bonchev–Trinajstić information content (AvgIpc) is 2.60. The van der Waals surface area contributed by atoms with Crippen molar-refractivity contribution in [1.29, 1.82) is 0 Å². The minimum atomic E-state index is -0.0953. The van der Waals surface area contributed by atoms with Crippen LogP contribution >= 0.6 is 0 Å². The van der Waals surface area contributed by atoms with Crippen LogP contribution in [-0.4, -0.2) is 32.0 Å². The van der Waals surface area contributed by atoms with E-state index in [-0.39, 0.29) is 11.8 Å². The zero-order chi connectivity index (χ0) is 19.1. The molecule has 2 rings (SSSR count). The van der Waals surface area contributed by atoms with Crippen LogP contribution in [0, 0.1) is 13.8 Å². The minimum Gasteiger partial charge on any atom is -0.495 e. The van der Waals surface area contributed by atoms with Gasteiger partial charge in [0.1, 0.15) is 5.75 Å². The molecule has 2 aromatic rings. The molecule has 0 aliphatic carbocycles. The predicted octanol–water partition coefficient (Wildman–Crippen LogP) is 3.02. The number of hydrogen-bond donors (Lipinski definition) is 1. The van der Waals surface area contributed by atoms with Crippen LogP contribution in [0.1, 0.15) is 23.6 Å². The second kappa shape index (κ2) is 9.04. The molecule has 0 spiro atoms. The SMILES string of the molecule is COc1ccc(C)cc1N(CCNC(=O)Cc1ccccc1C)C(C)=O. The summed E-state index contributed by atoms with van der Waals surface area (Å²) in [4.78, 5) is 25.9. The summed E-state index contributed by atoms with van der Waals surface area (Å²) >= 11 is 0. The Morgan fingerprint density at radius 3 is 2.50 bits per heavy atom. The number of nitrogens with one attached hydrogen (secondary N) is 1. The van der Waals surface area contributed by atoms with Crippen molar-refractivity contribution in [2.75, 3.05) is 25.1 Å². The number of amides is 2. The highest BCUT2D eigenvalue weighted by Gasteiger charge is 2.16. The molecule has 138 valence electrons. The van der Waals surface area contributed by atoms with Crippen LogP contribution in [-0.2, 0) is 16.0 Å². The lowest BCUT2D eigenvalue weighted by atomic mass is 10.1. The van der Waals surface area contributed by atoms with Crippen LogP contribution in [0.15, 0.2) is 42.5 Å². The number of methoxy groups -OCH3 is 1. The number of benzene rings is 2. The van der Waals surface area contributed by atoms with Gasteiger partial charge in [-0.1, -0.05) is 30.3 Å². The summed E-state index contributed by atoms with van der Waals surface area (Å²) < 4.78 is 5.37. The van der Waals surface area contributed by atoms with Gasteiger partial charge in [0, 0.05) is 20.0 Å². The van der Waals surface area contributed by atoms with Gasteiger partial charge in [0.2, 0.25) is 11.8 Å². The molecule has 5 nitrogen and oxygen atoms in total. The van der Waals surface area contributed by atoms with E-state index < -0.39 is 0 Å². The van der Waals surface area contributed by atoms with Gasteiger partial charge >= 0.3 is 0 Å². The van der Waals surface area contributed by atoms with Crippen molar-refractivity contribution in [1.82, 2.24) is 5.32 Å². The van der Waals surface area contributed by atoms with Gasteiger partial charge in [-0.05, 0) is 42.7 Å². The Morgan fingerprint density at radius 1 is 1.12 bits per heavy atom. The van der Waals surface area contributed by atoms with Crippen molar-refractivity contribution in [3.8, 4) is 5.75 Å². The second-order valence-corrected chi connectivity index (χ2v) is 6.30. The first kappa shape index (κ1) is 19.5. The molecular formula is C21H26N2O3. The number of carbonyl (C=O) groups is 2. The van der Waals surface area contributed by atoms with Gasteiger partial charge in [-0.15, -0.1) is 0 Å². The molecule has 0 saturated carbocycles. The topological polar surface area (TPSA) is 58.6 Å². The fourth-order valence-corrected chi connectivity index (χ4v) is 2.81. The Labute approximate surface area is 155 Å². The highest BCUT2D eigenvalue weighted by atomic mass is 16.5. The van der Waals surface area contributed by atoms with Crippen LogP contribution in [0.2, 0.25) is 0 Å². The second-order valence-electron chi connectivity index (χ2n) is 6.30. The molecule has 0 heterocycles. The molecule has 0 aliphatic heterocycles. The van der Waals surface area contributed by atoms with E-state index in [0.29, 0.717) is 30.9 Å². The zero-order valence-electron chi connectivity index (χ0n) is 15.8. The van der Waals surface area contributed by atoms with Crippen LogP contribution in [0.5, 0.6) is 5.75 Å². The Bertz CT molecular complexity index is 787. The lowest BCUT2D eigenvalue weighted by Gasteiger charge is -2.24.